The lowest BCUT2D eigenvalue weighted by molar-refractivity contribution is -0.165. The minimum atomic E-state index is -5.75. The van der Waals surface area contributed by atoms with Crippen LogP contribution in [0, 0.1) is 59.2 Å². The van der Waals surface area contributed by atoms with Crippen LogP contribution in [0.3, 0.4) is 0 Å². The van der Waals surface area contributed by atoms with Crippen LogP contribution in [0.15, 0.2) is 69.3 Å². The molecule has 614 valence electrons. The lowest BCUT2D eigenvalue weighted by Crippen LogP contribution is -2.58. The van der Waals surface area contributed by atoms with Crippen LogP contribution in [0.2, 0.25) is 0 Å². The lowest BCUT2D eigenvalue weighted by Gasteiger charge is -2.59. The first-order valence-electron chi connectivity index (χ1n) is 40.2. The highest BCUT2D eigenvalue weighted by Crippen LogP contribution is 2.61. The highest BCUT2D eigenvalue weighted by molar-refractivity contribution is 7.87. The van der Waals surface area contributed by atoms with Crippen molar-refractivity contribution in [1.82, 2.24) is 4.90 Å². The van der Waals surface area contributed by atoms with Gasteiger partial charge in [0.25, 0.3) is 30.4 Å². The fourth-order valence-electron chi connectivity index (χ4n) is 20.4. The van der Waals surface area contributed by atoms with Gasteiger partial charge in [0, 0.05) is 12.1 Å². The molecule has 3 aromatic rings. The molecule has 1 amide bonds. The van der Waals surface area contributed by atoms with E-state index in [1.165, 1.54) is 63.5 Å². The predicted octanol–water partition coefficient (Wildman–Crippen LogP) is 17.4. The first-order valence-corrected chi connectivity index (χ1v) is 45.9. The van der Waals surface area contributed by atoms with E-state index in [4.69, 9.17) is 23.5 Å². The molecule has 3 aromatic carbocycles. The van der Waals surface area contributed by atoms with Gasteiger partial charge in [0.15, 0.2) is 0 Å². The smallest absolute Gasteiger partial charge is 0.446 e. The first kappa shape index (κ1) is 86.9. The van der Waals surface area contributed by atoms with Crippen LogP contribution in [0.25, 0.3) is 0 Å². The highest BCUT2D eigenvalue weighted by Gasteiger charge is 2.60. The van der Waals surface area contributed by atoms with Gasteiger partial charge in [-0.25, -0.2) is 19.2 Å². The topological polar surface area (TPSA) is 343 Å². The third-order valence-corrected chi connectivity index (χ3v) is 29.5. The molecule has 0 aliphatic heterocycles. The summed E-state index contributed by atoms with van der Waals surface area (Å²) in [5, 5.41) is -4.76. The number of alkyl halides is 2. The molecule has 4 N–H and O–H groups in total. The second-order valence-electron chi connectivity index (χ2n) is 36.0. The summed E-state index contributed by atoms with van der Waals surface area (Å²) in [6.07, 6.45) is 32.2. The summed E-state index contributed by atoms with van der Waals surface area (Å²) in [7, 11) is -19.2. The van der Waals surface area contributed by atoms with Crippen LogP contribution in [-0.4, -0.2) is 128 Å². The van der Waals surface area contributed by atoms with Gasteiger partial charge in [-0.3, -0.25) is 23.0 Å². The highest BCUT2D eigenvalue weighted by atomic mass is 32.2. The van der Waals surface area contributed by atoms with E-state index < -0.39 is 96.5 Å². The molecule has 0 aromatic heterocycles. The van der Waals surface area contributed by atoms with Gasteiger partial charge in [-0.15, -0.1) is 0 Å². The van der Waals surface area contributed by atoms with E-state index in [2.05, 4.69) is 0 Å². The van der Waals surface area contributed by atoms with Crippen molar-refractivity contribution in [3.05, 3.63) is 88.0 Å². The van der Waals surface area contributed by atoms with E-state index in [9.17, 15) is 80.1 Å². The van der Waals surface area contributed by atoms with Gasteiger partial charge in [-0.1, -0.05) is 162 Å². The van der Waals surface area contributed by atoms with Crippen molar-refractivity contribution in [2.45, 2.75) is 315 Å². The molecule has 0 unspecified atom stereocenters. The Labute approximate surface area is 650 Å². The summed E-state index contributed by atoms with van der Waals surface area (Å²) in [6.45, 7) is 16.1. The molecule has 15 rings (SSSR count). The first-order chi connectivity index (χ1) is 51.3. The molecule has 0 spiro atoms. The molecular formula is C82H117F2NO21S4. The zero-order chi connectivity index (χ0) is 80.3. The molecule has 8 bridgehead atoms. The van der Waals surface area contributed by atoms with Crippen LogP contribution in [0.5, 0.6) is 0 Å². The van der Waals surface area contributed by atoms with Crippen molar-refractivity contribution in [2.75, 3.05) is 13.2 Å². The second kappa shape index (κ2) is 34.9. The van der Waals surface area contributed by atoms with Gasteiger partial charge in [0.2, 0.25) is 0 Å². The Hall–Kier alpha value is -5.49. The molecule has 0 radical (unpaired) electrons. The average molecular weight is 1620 g/mol. The van der Waals surface area contributed by atoms with Crippen molar-refractivity contribution in [3.8, 4) is 0 Å². The summed E-state index contributed by atoms with van der Waals surface area (Å²) in [4.78, 5) is 64.4. The number of benzene rings is 3. The standard InChI is InChI=1S/C30H38O7S.C24H34O7S.C14H23F2NO4S.C14H22O3S/c1-29(22-5-16-3-17(7-22)8-23(29)6-16)36-27(31)20-13-21(15-26(14-20)38(33,34)35)28(32)37-30(2)24-9-18-4-19(11-24)12-25(30)10-18;25-23(30-13-11-18-7-3-1-4-8-18)20-15-21(17-22(16-20)32(27,28)29)24(26)31-14-12-19-9-5-2-6-10-19;15-14(16,22(19,20)21)13(18)17(11-7-3-1-4-8-11)12-9-5-2-6-10-12;1-13(2,3)10-8-7-9-11(14(4,5)6)12(10)18(15,16)17/h13-19,22-25H,3-12H2,1-2H3,(H,33,34,35);15-19H,1-14H2,(H,27,28,29);11-12H,1-10H2,(H,19,20,21);7-9H,1-6H3,(H,15,16,17). The molecule has 22 nitrogen and oxygen atoms in total. The molecule has 12 saturated carbocycles. The van der Waals surface area contributed by atoms with Crippen molar-refractivity contribution >= 4 is 70.3 Å². The zero-order valence-electron chi connectivity index (χ0n) is 65.2. The number of ether oxygens (including phenoxy) is 4. The Balaban J connectivity index is 0.000000163. The minimum absolute atomic E-state index is 0.0441. The fourth-order valence-corrected chi connectivity index (χ4v) is 23.2. The zero-order valence-corrected chi connectivity index (χ0v) is 68.5. The van der Waals surface area contributed by atoms with Crippen molar-refractivity contribution in [2.24, 2.45) is 59.2 Å². The Morgan fingerprint density at radius 2 is 0.718 bits per heavy atom. The Kier molecular flexibility index (Phi) is 27.6. The molecule has 110 heavy (non-hydrogen) atoms. The van der Waals surface area contributed by atoms with E-state index in [0.717, 1.165) is 158 Å². The molecule has 0 saturated heterocycles. The average Bonchev–Trinajstić information content (AvgIpc) is 0.736. The molecular weight excluding hydrogens is 1500 g/mol. The number of carbonyl (C=O) groups is 5. The fraction of sp³-hybridized carbons (Fsp3) is 0.720. The summed E-state index contributed by atoms with van der Waals surface area (Å²) >= 11 is 0. The second-order valence-corrected chi connectivity index (χ2v) is 41.7. The Morgan fingerprint density at radius 1 is 0.427 bits per heavy atom. The molecule has 0 atom stereocenters. The number of esters is 4. The maximum Gasteiger partial charge on any atom is 0.446 e. The van der Waals surface area contributed by atoms with E-state index >= 15 is 0 Å². The van der Waals surface area contributed by atoms with Crippen molar-refractivity contribution < 1.29 is 104 Å². The number of halogens is 2. The maximum absolute atomic E-state index is 13.9. The molecule has 12 aliphatic rings. The van der Waals surface area contributed by atoms with Crippen LogP contribution < -0.4 is 0 Å². The predicted molar refractivity (Wildman–Crippen MR) is 408 cm³/mol. The minimum Gasteiger partial charge on any atom is -0.462 e. The van der Waals surface area contributed by atoms with Crippen molar-refractivity contribution in [3.63, 3.8) is 0 Å². The SMILES string of the molecule is CC(C)(C)c1cccc(C(C)(C)C)c1S(=O)(=O)O.CC1(OC(=O)c2cc(C(=O)OC3(C)C4CC5CC(C4)CC3C5)cc(S(=O)(=O)O)c2)C2CC3CC(C2)CC1C3.O=C(N(C1CCCCC1)C1CCCCC1)C(F)(F)S(=O)(=O)O.O=C(OCCC1CCCCC1)c1cc(C(=O)OCCC2CCCCC2)cc(S(=O)(=O)O)c1. The number of hydrogen-bond donors (Lipinski definition) is 4. The van der Waals surface area contributed by atoms with E-state index in [-0.39, 0.29) is 63.3 Å². The molecule has 0 heterocycles. The summed E-state index contributed by atoms with van der Waals surface area (Å²) < 4.78 is 181. The quantitative estimate of drug-likeness (QED) is 0.0492. The van der Waals surface area contributed by atoms with Gasteiger partial charge in [-0.05, 0) is 234 Å². The normalized spacial score (nSPS) is 27.4. The Morgan fingerprint density at radius 3 is 0.991 bits per heavy atom. The monoisotopic (exact) mass is 1620 g/mol. The van der Waals surface area contributed by atoms with Gasteiger partial charge in [0.1, 0.15) is 16.1 Å². The number of carbonyl (C=O) groups excluding carboxylic acids is 5. The van der Waals surface area contributed by atoms with Crippen LogP contribution >= 0.6 is 0 Å². The summed E-state index contributed by atoms with van der Waals surface area (Å²) in [5.41, 5.74) is -0.866. The van der Waals surface area contributed by atoms with E-state index in [1.54, 1.807) is 12.1 Å². The van der Waals surface area contributed by atoms with Gasteiger partial charge in [-0.2, -0.15) is 42.5 Å². The molecule has 12 aliphatic carbocycles. The summed E-state index contributed by atoms with van der Waals surface area (Å²) in [6, 6.07) is 11.6. The van der Waals surface area contributed by atoms with Gasteiger partial charge < -0.3 is 23.8 Å². The largest absolute Gasteiger partial charge is 0.462 e. The van der Waals surface area contributed by atoms with Crippen molar-refractivity contribution in [1.29, 1.82) is 0 Å². The third kappa shape index (κ3) is 21.1. The van der Waals surface area contributed by atoms with Gasteiger partial charge >= 0.3 is 45.2 Å². The van der Waals surface area contributed by atoms with Gasteiger partial charge in [0.05, 0.1) is 45.3 Å². The van der Waals surface area contributed by atoms with E-state index in [0.29, 0.717) is 96.0 Å². The van der Waals surface area contributed by atoms with Crippen LogP contribution in [0.1, 0.15) is 313 Å². The maximum atomic E-state index is 13.9. The third-order valence-electron chi connectivity index (χ3n) is 26.1. The number of nitrogens with zero attached hydrogens (tertiary/aromatic N) is 1. The van der Waals surface area contributed by atoms with E-state index in [1.807, 2.05) is 61.5 Å². The number of amides is 1. The number of hydrogen-bond acceptors (Lipinski definition) is 17. The lowest BCUT2D eigenvalue weighted by atomic mass is 9.50. The molecule has 28 heteroatoms. The Bertz CT molecular complexity index is 4030. The van der Waals surface area contributed by atoms with Crippen LogP contribution in [0.4, 0.5) is 8.78 Å². The summed E-state index contributed by atoms with van der Waals surface area (Å²) in [5.74, 6) is 0.607. The number of rotatable bonds is 19. The van der Waals surface area contributed by atoms with Crippen LogP contribution in [-0.2, 0) is 75.0 Å². The molecule has 12 fully saturated rings.